The van der Waals surface area contributed by atoms with Crippen LogP contribution in [0.2, 0.25) is 5.02 Å². The average molecular weight is 322 g/mol. The molecule has 0 atom stereocenters. The number of nitrogens with zero attached hydrogens (tertiary/aromatic N) is 1. The molecule has 0 amide bonds. The lowest BCUT2D eigenvalue weighted by Crippen LogP contribution is -2.02. The maximum absolute atomic E-state index is 6.78. The van der Waals surface area contributed by atoms with E-state index < -0.39 is 0 Å². The van der Waals surface area contributed by atoms with Crippen molar-refractivity contribution in [1.82, 2.24) is 4.98 Å². The predicted molar refractivity (Wildman–Crippen MR) is 98.9 cm³/mol. The van der Waals surface area contributed by atoms with Crippen molar-refractivity contribution < 1.29 is 0 Å². The highest BCUT2D eigenvalue weighted by atomic mass is 35.5. The number of halogens is 1. The number of hydrogen-bond acceptors (Lipinski definition) is 1. The van der Waals surface area contributed by atoms with Crippen LogP contribution in [-0.4, -0.2) is 4.98 Å². The lowest BCUT2D eigenvalue weighted by molar-refractivity contribution is 1.05. The van der Waals surface area contributed by atoms with Gasteiger partial charge in [-0.15, -0.1) is 0 Å². The third-order valence-electron chi connectivity index (χ3n) is 4.13. The van der Waals surface area contributed by atoms with Gasteiger partial charge in [0, 0.05) is 11.1 Å². The van der Waals surface area contributed by atoms with E-state index in [1.165, 1.54) is 0 Å². The van der Waals surface area contributed by atoms with Crippen molar-refractivity contribution in [2.45, 2.75) is 26.7 Å². The molecule has 0 saturated carbocycles. The second kappa shape index (κ2) is 6.97. The second-order valence-corrected chi connectivity index (χ2v) is 5.90. The second-order valence-electron chi connectivity index (χ2n) is 5.52. The number of benzene rings is 2. The first-order chi connectivity index (χ1) is 11.3. The Labute approximate surface area is 143 Å². The largest absolute Gasteiger partial charge is 0.247 e. The van der Waals surface area contributed by atoms with Gasteiger partial charge in [0.2, 0.25) is 0 Å². The van der Waals surface area contributed by atoms with Gasteiger partial charge < -0.3 is 0 Å². The van der Waals surface area contributed by atoms with Crippen LogP contribution in [0, 0.1) is 0 Å². The maximum atomic E-state index is 6.78. The minimum atomic E-state index is 0.864. The Balaban J connectivity index is 2.31. The SMILES string of the molecule is CCc1c(-c2ccccc2)nc(-c2ccccc2)c(CC)c1Cl. The Hall–Kier alpha value is -2.12. The molecule has 0 aliphatic carbocycles. The van der Waals surface area contributed by atoms with Gasteiger partial charge >= 0.3 is 0 Å². The van der Waals surface area contributed by atoms with Gasteiger partial charge in [-0.25, -0.2) is 4.98 Å². The van der Waals surface area contributed by atoms with Crippen molar-refractivity contribution >= 4 is 11.6 Å². The van der Waals surface area contributed by atoms with Crippen molar-refractivity contribution in [1.29, 1.82) is 0 Å². The van der Waals surface area contributed by atoms with Crippen molar-refractivity contribution in [2.24, 2.45) is 0 Å². The Bertz CT molecular complexity index is 729. The molecule has 1 heterocycles. The molecule has 0 fully saturated rings. The quantitative estimate of drug-likeness (QED) is 0.558. The molecule has 1 nitrogen and oxygen atoms in total. The van der Waals surface area contributed by atoms with Gasteiger partial charge in [-0.05, 0) is 24.0 Å². The van der Waals surface area contributed by atoms with Crippen LogP contribution in [0.3, 0.4) is 0 Å². The summed E-state index contributed by atoms with van der Waals surface area (Å²) in [5.74, 6) is 0. The van der Waals surface area contributed by atoms with Gasteiger partial charge in [0.1, 0.15) is 0 Å². The van der Waals surface area contributed by atoms with Crippen LogP contribution in [0.15, 0.2) is 60.7 Å². The summed E-state index contributed by atoms with van der Waals surface area (Å²) in [5, 5.41) is 0.864. The zero-order chi connectivity index (χ0) is 16.2. The molecule has 116 valence electrons. The van der Waals surface area contributed by atoms with Crippen molar-refractivity contribution in [3.63, 3.8) is 0 Å². The molecule has 2 aromatic carbocycles. The molecule has 0 aliphatic heterocycles. The van der Waals surface area contributed by atoms with E-state index in [2.05, 4.69) is 38.1 Å². The molecule has 1 aromatic heterocycles. The van der Waals surface area contributed by atoms with E-state index in [-0.39, 0.29) is 0 Å². The van der Waals surface area contributed by atoms with E-state index in [9.17, 15) is 0 Å². The Kier molecular flexibility index (Phi) is 4.78. The summed E-state index contributed by atoms with van der Waals surface area (Å²) in [4.78, 5) is 5.03. The molecule has 0 bridgehead atoms. The summed E-state index contributed by atoms with van der Waals surface area (Å²) in [6.07, 6.45) is 1.75. The number of pyridine rings is 1. The summed E-state index contributed by atoms with van der Waals surface area (Å²) < 4.78 is 0. The van der Waals surface area contributed by atoms with Crippen LogP contribution in [0.25, 0.3) is 22.5 Å². The van der Waals surface area contributed by atoms with Gasteiger partial charge in [-0.3, -0.25) is 0 Å². The maximum Gasteiger partial charge on any atom is 0.0756 e. The van der Waals surface area contributed by atoms with Crippen LogP contribution in [-0.2, 0) is 12.8 Å². The summed E-state index contributed by atoms with van der Waals surface area (Å²) in [7, 11) is 0. The average Bonchev–Trinajstić information content (AvgIpc) is 2.62. The highest BCUT2D eigenvalue weighted by molar-refractivity contribution is 6.33. The third-order valence-corrected chi connectivity index (χ3v) is 4.58. The zero-order valence-electron chi connectivity index (χ0n) is 13.5. The van der Waals surface area contributed by atoms with E-state index in [0.717, 1.165) is 51.5 Å². The van der Waals surface area contributed by atoms with Crippen LogP contribution >= 0.6 is 11.6 Å². The van der Waals surface area contributed by atoms with Crippen LogP contribution in [0.4, 0.5) is 0 Å². The van der Waals surface area contributed by atoms with E-state index in [4.69, 9.17) is 16.6 Å². The van der Waals surface area contributed by atoms with Crippen molar-refractivity contribution in [2.75, 3.05) is 0 Å². The fourth-order valence-electron chi connectivity index (χ4n) is 2.95. The summed E-state index contributed by atoms with van der Waals surface area (Å²) >= 11 is 6.78. The number of rotatable bonds is 4. The zero-order valence-corrected chi connectivity index (χ0v) is 14.3. The topological polar surface area (TPSA) is 12.9 Å². The molecular formula is C21H20ClN. The lowest BCUT2D eigenvalue weighted by Gasteiger charge is -2.17. The molecule has 0 aliphatic rings. The first kappa shape index (κ1) is 15.8. The van der Waals surface area contributed by atoms with Crippen LogP contribution in [0.5, 0.6) is 0 Å². The van der Waals surface area contributed by atoms with Gasteiger partial charge in [-0.1, -0.05) is 86.1 Å². The third kappa shape index (κ3) is 3.02. The molecule has 23 heavy (non-hydrogen) atoms. The number of aromatic nitrogens is 1. The highest BCUT2D eigenvalue weighted by Gasteiger charge is 2.18. The molecule has 0 spiro atoms. The standard InChI is InChI=1S/C21H20ClN/c1-3-17-19(22)18(4-2)21(16-13-9-6-10-14-16)23-20(17)15-11-7-5-8-12-15/h5-14H,3-4H2,1-2H3. The summed E-state index contributed by atoms with van der Waals surface area (Å²) in [5.41, 5.74) is 6.49. The van der Waals surface area contributed by atoms with E-state index >= 15 is 0 Å². The smallest absolute Gasteiger partial charge is 0.0756 e. The normalized spacial score (nSPS) is 10.7. The van der Waals surface area contributed by atoms with E-state index in [0.29, 0.717) is 0 Å². The Morgan fingerprint density at radius 1 is 0.696 bits per heavy atom. The van der Waals surface area contributed by atoms with Crippen molar-refractivity contribution in [3.05, 3.63) is 76.8 Å². The van der Waals surface area contributed by atoms with Gasteiger partial charge in [0.15, 0.2) is 0 Å². The molecule has 0 N–H and O–H groups in total. The van der Waals surface area contributed by atoms with E-state index in [1.807, 2.05) is 36.4 Å². The molecule has 3 aromatic rings. The summed E-state index contributed by atoms with van der Waals surface area (Å²) in [6.45, 7) is 4.27. The minimum absolute atomic E-state index is 0.864. The Morgan fingerprint density at radius 2 is 1.09 bits per heavy atom. The molecular weight excluding hydrogens is 302 g/mol. The van der Waals surface area contributed by atoms with Crippen LogP contribution < -0.4 is 0 Å². The first-order valence-corrected chi connectivity index (χ1v) is 8.46. The molecule has 0 unspecified atom stereocenters. The monoisotopic (exact) mass is 321 g/mol. The molecule has 3 rings (SSSR count). The van der Waals surface area contributed by atoms with E-state index in [1.54, 1.807) is 0 Å². The molecule has 2 heteroatoms. The molecule has 0 saturated heterocycles. The van der Waals surface area contributed by atoms with Crippen molar-refractivity contribution in [3.8, 4) is 22.5 Å². The van der Waals surface area contributed by atoms with Gasteiger partial charge in [-0.2, -0.15) is 0 Å². The number of hydrogen-bond donors (Lipinski definition) is 0. The fourth-order valence-corrected chi connectivity index (χ4v) is 3.40. The fraction of sp³-hybridized carbons (Fsp3) is 0.190. The van der Waals surface area contributed by atoms with Gasteiger partial charge in [0.25, 0.3) is 0 Å². The highest BCUT2D eigenvalue weighted by Crippen LogP contribution is 2.36. The Morgan fingerprint density at radius 3 is 1.43 bits per heavy atom. The predicted octanol–water partition coefficient (Wildman–Crippen LogP) is 6.19. The first-order valence-electron chi connectivity index (χ1n) is 8.08. The van der Waals surface area contributed by atoms with Crippen LogP contribution in [0.1, 0.15) is 25.0 Å². The van der Waals surface area contributed by atoms with Gasteiger partial charge in [0.05, 0.1) is 16.4 Å². The minimum Gasteiger partial charge on any atom is -0.247 e. The molecule has 0 radical (unpaired) electrons. The summed E-state index contributed by atoms with van der Waals surface area (Å²) in [6, 6.07) is 20.6. The lowest BCUT2D eigenvalue weighted by atomic mass is 9.96.